The van der Waals surface area contributed by atoms with Gasteiger partial charge in [0.25, 0.3) is 5.91 Å². The molecule has 0 atom stereocenters. The summed E-state index contributed by atoms with van der Waals surface area (Å²) in [6.45, 7) is 1.44. The first-order valence-corrected chi connectivity index (χ1v) is 11.1. The van der Waals surface area contributed by atoms with Crippen molar-refractivity contribution in [3.8, 4) is 11.5 Å². The van der Waals surface area contributed by atoms with E-state index in [1.807, 2.05) is 35.2 Å². The summed E-state index contributed by atoms with van der Waals surface area (Å²) in [6, 6.07) is 11.6. The molecule has 3 aromatic rings. The van der Waals surface area contributed by atoms with Crippen LogP contribution in [0.3, 0.4) is 0 Å². The molecule has 0 bridgehead atoms. The van der Waals surface area contributed by atoms with Crippen LogP contribution in [0.15, 0.2) is 40.9 Å². The lowest BCUT2D eigenvalue weighted by Gasteiger charge is -2.44. The standard InChI is InChI=1S/C23H20BrN3O4/c24-14-1-2-16-15(9-14)23(11-21(28)26-16)3-5-27(6-4-23)22(29)18-7-13-8-19-20(31-12-30-19)10-17(13)25-18/h1-2,7-10,25H,3-6,11-12H2,(H,26,28). The van der Waals surface area contributed by atoms with Crippen molar-refractivity contribution in [2.45, 2.75) is 24.7 Å². The molecule has 0 radical (unpaired) electrons. The molecule has 3 aliphatic rings. The van der Waals surface area contributed by atoms with Gasteiger partial charge in [-0.15, -0.1) is 0 Å². The summed E-state index contributed by atoms with van der Waals surface area (Å²) in [6.07, 6.45) is 1.97. The first kappa shape index (κ1) is 18.7. The number of likely N-dealkylation sites (tertiary alicyclic amines) is 1. The lowest BCUT2D eigenvalue weighted by Crippen LogP contribution is -2.48. The summed E-state index contributed by atoms with van der Waals surface area (Å²) in [5, 5.41) is 3.91. The molecule has 1 fully saturated rings. The van der Waals surface area contributed by atoms with E-state index in [2.05, 4.69) is 32.3 Å². The van der Waals surface area contributed by atoms with Gasteiger partial charge in [-0.05, 0) is 48.7 Å². The minimum Gasteiger partial charge on any atom is -0.454 e. The van der Waals surface area contributed by atoms with Crippen LogP contribution in [0.5, 0.6) is 11.5 Å². The van der Waals surface area contributed by atoms with Crippen LogP contribution in [0.2, 0.25) is 0 Å². The first-order chi connectivity index (χ1) is 15.0. The lowest BCUT2D eigenvalue weighted by atomic mass is 9.68. The Morgan fingerprint density at radius 3 is 2.65 bits per heavy atom. The molecule has 0 unspecified atom stereocenters. The van der Waals surface area contributed by atoms with Crippen molar-refractivity contribution in [2.75, 3.05) is 25.2 Å². The maximum atomic E-state index is 13.2. The van der Waals surface area contributed by atoms with Crippen LogP contribution in [-0.4, -0.2) is 41.6 Å². The third-order valence-corrected chi connectivity index (χ3v) is 7.17. The number of rotatable bonds is 1. The number of halogens is 1. The molecule has 2 amide bonds. The zero-order valence-corrected chi connectivity index (χ0v) is 18.3. The number of H-pyrrole nitrogens is 1. The quantitative estimate of drug-likeness (QED) is 0.546. The largest absolute Gasteiger partial charge is 0.454 e. The molecule has 2 N–H and O–H groups in total. The number of nitrogens with zero attached hydrogens (tertiary/aromatic N) is 1. The van der Waals surface area contributed by atoms with Gasteiger partial charge in [-0.3, -0.25) is 9.59 Å². The van der Waals surface area contributed by atoms with E-state index in [9.17, 15) is 9.59 Å². The highest BCUT2D eigenvalue weighted by molar-refractivity contribution is 9.10. The second-order valence-electron chi connectivity index (χ2n) is 8.46. The van der Waals surface area contributed by atoms with E-state index in [0.717, 1.165) is 39.5 Å². The Morgan fingerprint density at radius 1 is 1.06 bits per heavy atom. The van der Waals surface area contributed by atoms with Crippen LogP contribution in [-0.2, 0) is 10.2 Å². The molecule has 158 valence electrons. The van der Waals surface area contributed by atoms with Crippen LogP contribution in [0.1, 0.15) is 35.3 Å². The van der Waals surface area contributed by atoms with Gasteiger partial charge in [0.1, 0.15) is 5.69 Å². The van der Waals surface area contributed by atoms with Gasteiger partial charge < -0.3 is 24.7 Å². The number of carbonyl (C=O) groups excluding carboxylic acids is 2. The Balaban J connectivity index is 1.25. The van der Waals surface area contributed by atoms with E-state index in [1.165, 1.54) is 0 Å². The normalized spacial score (nSPS) is 18.9. The van der Waals surface area contributed by atoms with Crippen molar-refractivity contribution < 1.29 is 19.1 Å². The fourth-order valence-corrected chi connectivity index (χ4v) is 5.41. The molecule has 6 rings (SSSR count). The summed E-state index contributed by atoms with van der Waals surface area (Å²) in [7, 11) is 0. The van der Waals surface area contributed by atoms with E-state index in [4.69, 9.17) is 9.47 Å². The molecule has 0 saturated carbocycles. The van der Waals surface area contributed by atoms with E-state index < -0.39 is 0 Å². The van der Waals surface area contributed by atoms with Crippen molar-refractivity contribution in [2.24, 2.45) is 0 Å². The van der Waals surface area contributed by atoms with Gasteiger partial charge in [0.15, 0.2) is 11.5 Å². The van der Waals surface area contributed by atoms with Crippen molar-refractivity contribution >= 4 is 44.3 Å². The summed E-state index contributed by atoms with van der Waals surface area (Å²) in [5.41, 5.74) is 3.22. The average molecular weight is 482 g/mol. The highest BCUT2D eigenvalue weighted by Gasteiger charge is 2.43. The molecule has 1 aromatic heterocycles. The zero-order valence-electron chi connectivity index (χ0n) is 16.7. The van der Waals surface area contributed by atoms with E-state index >= 15 is 0 Å². The van der Waals surface area contributed by atoms with Crippen LogP contribution < -0.4 is 14.8 Å². The maximum Gasteiger partial charge on any atom is 0.270 e. The summed E-state index contributed by atoms with van der Waals surface area (Å²) in [5.74, 6) is 1.41. The molecule has 31 heavy (non-hydrogen) atoms. The van der Waals surface area contributed by atoms with Crippen LogP contribution in [0.25, 0.3) is 10.9 Å². The molecular formula is C23H20BrN3O4. The Labute approximate surface area is 186 Å². The van der Waals surface area contributed by atoms with Gasteiger partial charge >= 0.3 is 0 Å². The molecule has 1 saturated heterocycles. The average Bonchev–Trinajstić information content (AvgIpc) is 3.38. The molecule has 8 heteroatoms. The number of piperidine rings is 1. The van der Waals surface area contributed by atoms with Gasteiger partial charge in [-0.2, -0.15) is 0 Å². The summed E-state index contributed by atoms with van der Waals surface area (Å²) < 4.78 is 11.9. The Bertz CT molecular complexity index is 1200. The summed E-state index contributed by atoms with van der Waals surface area (Å²) >= 11 is 3.56. The van der Waals surface area contributed by atoms with Gasteiger partial charge in [-0.25, -0.2) is 0 Å². The fourth-order valence-electron chi connectivity index (χ4n) is 5.05. The highest BCUT2D eigenvalue weighted by Crippen LogP contribution is 2.46. The van der Waals surface area contributed by atoms with E-state index in [1.54, 1.807) is 0 Å². The number of aromatic nitrogens is 1. The van der Waals surface area contributed by atoms with Gasteiger partial charge in [0.2, 0.25) is 12.7 Å². The SMILES string of the molecule is O=C1CC2(CCN(C(=O)c3cc4cc5c(cc4[nH]3)OCO5)CC2)c2cc(Br)ccc2N1. The number of benzene rings is 2. The zero-order chi connectivity index (χ0) is 21.2. The third kappa shape index (κ3) is 3.00. The van der Waals surface area contributed by atoms with Crippen molar-refractivity contribution in [3.05, 3.63) is 52.1 Å². The fraction of sp³-hybridized carbons (Fsp3) is 0.304. The van der Waals surface area contributed by atoms with E-state index in [-0.39, 0.29) is 24.0 Å². The van der Waals surface area contributed by atoms with E-state index in [0.29, 0.717) is 36.7 Å². The number of hydrogen-bond acceptors (Lipinski definition) is 4. The minimum absolute atomic E-state index is 0.0252. The Morgan fingerprint density at radius 2 is 1.84 bits per heavy atom. The second kappa shape index (κ2) is 6.75. The second-order valence-corrected chi connectivity index (χ2v) is 9.38. The topological polar surface area (TPSA) is 83.7 Å². The van der Waals surface area contributed by atoms with Crippen molar-refractivity contribution in [1.29, 1.82) is 0 Å². The number of carbonyl (C=O) groups is 2. The van der Waals surface area contributed by atoms with Gasteiger partial charge in [0.05, 0.1) is 0 Å². The number of fused-ring (bicyclic) bond motifs is 4. The van der Waals surface area contributed by atoms with Crippen molar-refractivity contribution in [3.63, 3.8) is 0 Å². The van der Waals surface area contributed by atoms with Gasteiger partial charge in [0, 0.05) is 52.1 Å². The van der Waals surface area contributed by atoms with Crippen LogP contribution in [0.4, 0.5) is 5.69 Å². The first-order valence-electron chi connectivity index (χ1n) is 10.3. The molecular weight excluding hydrogens is 462 g/mol. The van der Waals surface area contributed by atoms with Crippen molar-refractivity contribution in [1.82, 2.24) is 9.88 Å². The maximum absolute atomic E-state index is 13.2. The smallest absolute Gasteiger partial charge is 0.270 e. The molecule has 2 aromatic carbocycles. The number of ether oxygens (including phenoxy) is 2. The number of aromatic amines is 1. The molecule has 7 nitrogen and oxygen atoms in total. The van der Waals surface area contributed by atoms with Gasteiger partial charge in [-0.1, -0.05) is 15.9 Å². The number of anilines is 1. The predicted molar refractivity (Wildman–Crippen MR) is 119 cm³/mol. The predicted octanol–water partition coefficient (Wildman–Crippen LogP) is 4.18. The third-order valence-electron chi connectivity index (χ3n) is 6.68. The summed E-state index contributed by atoms with van der Waals surface area (Å²) in [4.78, 5) is 30.7. The van der Waals surface area contributed by atoms with Crippen LogP contribution >= 0.6 is 15.9 Å². The molecule has 4 heterocycles. The monoisotopic (exact) mass is 481 g/mol. The lowest BCUT2D eigenvalue weighted by molar-refractivity contribution is -0.118. The number of amides is 2. The Kier molecular flexibility index (Phi) is 4.08. The molecule has 1 spiro atoms. The highest BCUT2D eigenvalue weighted by atomic mass is 79.9. The molecule has 3 aliphatic heterocycles. The number of nitrogens with one attached hydrogen (secondary N) is 2. The minimum atomic E-state index is -0.228. The molecule has 0 aliphatic carbocycles. The van der Waals surface area contributed by atoms with Crippen LogP contribution in [0, 0.1) is 0 Å². The number of hydrogen-bond donors (Lipinski definition) is 2. The Hall–Kier alpha value is -3.00.